The maximum absolute atomic E-state index is 4.19. The third kappa shape index (κ3) is 3.56. The van der Waals surface area contributed by atoms with Crippen LogP contribution in [0.1, 0.15) is 31.2 Å². The van der Waals surface area contributed by atoms with Crippen LogP contribution in [0.5, 0.6) is 0 Å². The number of rotatable bonds is 6. The number of hydrogen-bond acceptors (Lipinski definition) is 2. The van der Waals surface area contributed by atoms with E-state index in [1.54, 1.807) is 0 Å². The van der Waals surface area contributed by atoms with E-state index in [2.05, 4.69) is 39.3 Å². The van der Waals surface area contributed by atoms with Gasteiger partial charge in [0.25, 0.3) is 0 Å². The van der Waals surface area contributed by atoms with Crippen molar-refractivity contribution in [1.29, 1.82) is 0 Å². The maximum Gasteiger partial charge on any atom is 0.0410 e. The predicted octanol–water partition coefficient (Wildman–Crippen LogP) is 3.16. The van der Waals surface area contributed by atoms with Gasteiger partial charge in [-0.2, -0.15) is 0 Å². The number of hydrogen-bond donors (Lipinski definition) is 1. The van der Waals surface area contributed by atoms with Gasteiger partial charge in [0.1, 0.15) is 0 Å². The first-order chi connectivity index (χ1) is 7.79. The van der Waals surface area contributed by atoms with Gasteiger partial charge >= 0.3 is 0 Å². The Morgan fingerprint density at radius 1 is 1.50 bits per heavy atom. The average molecular weight is 283 g/mol. The molecule has 1 aromatic heterocycles. The van der Waals surface area contributed by atoms with Crippen molar-refractivity contribution in [3.8, 4) is 0 Å². The van der Waals surface area contributed by atoms with Crippen molar-refractivity contribution in [3.05, 3.63) is 28.5 Å². The van der Waals surface area contributed by atoms with Gasteiger partial charge in [-0.1, -0.05) is 0 Å². The molecule has 1 heterocycles. The fraction of sp³-hybridized carbons (Fsp3) is 0.615. The first kappa shape index (κ1) is 12.1. The van der Waals surface area contributed by atoms with Crippen LogP contribution in [0.15, 0.2) is 22.9 Å². The minimum absolute atomic E-state index is 0.736. The molecule has 1 fully saturated rings. The minimum Gasteiger partial charge on any atom is -0.317 e. The van der Waals surface area contributed by atoms with E-state index in [0.29, 0.717) is 0 Å². The van der Waals surface area contributed by atoms with Gasteiger partial charge in [0.05, 0.1) is 0 Å². The fourth-order valence-electron chi connectivity index (χ4n) is 2.23. The first-order valence-electron chi connectivity index (χ1n) is 6.06. The molecule has 2 rings (SSSR count). The largest absolute Gasteiger partial charge is 0.317 e. The number of pyridine rings is 1. The van der Waals surface area contributed by atoms with Crippen molar-refractivity contribution in [2.45, 2.75) is 38.1 Å². The van der Waals surface area contributed by atoms with Gasteiger partial charge in [-0.25, -0.2) is 0 Å². The van der Waals surface area contributed by atoms with Crippen molar-refractivity contribution in [3.63, 3.8) is 0 Å². The Balaban J connectivity index is 1.74. The zero-order valence-corrected chi connectivity index (χ0v) is 11.3. The van der Waals surface area contributed by atoms with Crippen LogP contribution in [-0.2, 0) is 6.42 Å². The summed E-state index contributed by atoms with van der Waals surface area (Å²) in [6, 6.07) is 2.90. The molecule has 1 unspecified atom stereocenters. The summed E-state index contributed by atoms with van der Waals surface area (Å²) < 4.78 is 1.08. The van der Waals surface area contributed by atoms with Crippen LogP contribution < -0.4 is 5.32 Å². The topological polar surface area (TPSA) is 24.9 Å². The summed E-state index contributed by atoms with van der Waals surface area (Å²) in [7, 11) is 2.09. The maximum atomic E-state index is 4.19. The SMILES string of the molecule is CNC(CCCc1cncc(Br)c1)C1CC1. The molecular formula is C13H19BrN2. The summed E-state index contributed by atoms with van der Waals surface area (Å²) in [5.74, 6) is 0.950. The van der Waals surface area contributed by atoms with E-state index in [9.17, 15) is 0 Å². The lowest BCUT2D eigenvalue weighted by Gasteiger charge is -2.14. The number of halogens is 1. The molecule has 0 aliphatic heterocycles. The zero-order valence-electron chi connectivity index (χ0n) is 9.75. The number of aromatic nitrogens is 1. The fourth-order valence-corrected chi connectivity index (χ4v) is 2.65. The highest BCUT2D eigenvalue weighted by molar-refractivity contribution is 9.10. The van der Waals surface area contributed by atoms with Crippen LogP contribution in [0.3, 0.4) is 0 Å². The molecule has 0 bridgehead atoms. The van der Waals surface area contributed by atoms with Gasteiger partial charge in [0.2, 0.25) is 0 Å². The summed E-state index contributed by atoms with van der Waals surface area (Å²) in [6.45, 7) is 0. The molecule has 1 aliphatic carbocycles. The molecule has 1 saturated carbocycles. The van der Waals surface area contributed by atoms with Gasteiger partial charge in [0.15, 0.2) is 0 Å². The van der Waals surface area contributed by atoms with Crippen molar-refractivity contribution >= 4 is 15.9 Å². The van der Waals surface area contributed by atoms with Gasteiger partial charge in [-0.15, -0.1) is 0 Å². The summed E-state index contributed by atoms with van der Waals surface area (Å²) in [4.78, 5) is 4.19. The van der Waals surface area contributed by atoms with Crippen molar-refractivity contribution in [2.75, 3.05) is 7.05 Å². The smallest absolute Gasteiger partial charge is 0.0410 e. The highest BCUT2D eigenvalue weighted by Gasteiger charge is 2.29. The monoisotopic (exact) mass is 282 g/mol. The Morgan fingerprint density at radius 2 is 2.31 bits per heavy atom. The van der Waals surface area contributed by atoms with E-state index >= 15 is 0 Å². The Morgan fingerprint density at radius 3 is 2.94 bits per heavy atom. The quantitative estimate of drug-likeness (QED) is 0.867. The van der Waals surface area contributed by atoms with Crippen molar-refractivity contribution in [1.82, 2.24) is 10.3 Å². The van der Waals surface area contributed by atoms with Crippen LogP contribution in [0.2, 0.25) is 0 Å². The van der Waals surface area contributed by atoms with E-state index in [0.717, 1.165) is 22.9 Å². The van der Waals surface area contributed by atoms with Gasteiger partial charge < -0.3 is 5.32 Å². The van der Waals surface area contributed by atoms with Crippen LogP contribution in [-0.4, -0.2) is 18.1 Å². The third-order valence-corrected chi connectivity index (χ3v) is 3.74. The lowest BCUT2D eigenvalue weighted by atomic mass is 10.0. The molecule has 16 heavy (non-hydrogen) atoms. The highest BCUT2D eigenvalue weighted by Crippen LogP contribution is 2.34. The molecule has 88 valence electrons. The van der Waals surface area contributed by atoms with Gasteiger partial charge in [-0.05, 0) is 72.6 Å². The Labute approximate surface area is 106 Å². The molecule has 1 aliphatic rings. The second-order valence-corrected chi connectivity index (χ2v) is 5.55. The van der Waals surface area contributed by atoms with E-state index in [4.69, 9.17) is 0 Å². The van der Waals surface area contributed by atoms with E-state index in [-0.39, 0.29) is 0 Å². The van der Waals surface area contributed by atoms with Crippen LogP contribution in [0.25, 0.3) is 0 Å². The first-order valence-corrected chi connectivity index (χ1v) is 6.85. The van der Waals surface area contributed by atoms with Crippen molar-refractivity contribution < 1.29 is 0 Å². The molecule has 0 amide bonds. The summed E-state index contributed by atoms with van der Waals surface area (Å²) >= 11 is 3.46. The number of nitrogens with zero attached hydrogens (tertiary/aromatic N) is 1. The molecular weight excluding hydrogens is 264 g/mol. The minimum atomic E-state index is 0.736. The second kappa shape index (κ2) is 5.78. The van der Waals surface area contributed by atoms with E-state index in [1.165, 1.54) is 31.2 Å². The summed E-state index contributed by atoms with van der Waals surface area (Å²) in [6.07, 6.45) is 10.3. The molecule has 0 aromatic carbocycles. The molecule has 2 nitrogen and oxygen atoms in total. The molecule has 0 saturated heterocycles. The van der Waals surface area contributed by atoms with Gasteiger partial charge in [-0.3, -0.25) is 4.98 Å². The van der Waals surface area contributed by atoms with Crippen LogP contribution in [0.4, 0.5) is 0 Å². The molecule has 1 aromatic rings. The summed E-state index contributed by atoms with van der Waals surface area (Å²) in [5.41, 5.74) is 1.33. The average Bonchev–Trinajstić information content (AvgIpc) is 3.08. The molecule has 0 radical (unpaired) electrons. The Bertz CT molecular complexity index is 336. The third-order valence-electron chi connectivity index (χ3n) is 3.30. The predicted molar refractivity (Wildman–Crippen MR) is 70.4 cm³/mol. The normalized spacial score (nSPS) is 17.4. The highest BCUT2D eigenvalue weighted by atomic mass is 79.9. The van der Waals surface area contributed by atoms with Crippen molar-refractivity contribution in [2.24, 2.45) is 5.92 Å². The van der Waals surface area contributed by atoms with E-state index < -0.39 is 0 Å². The zero-order chi connectivity index (χ0) is 11.4. The summed E-state index contributed by atoms with van der Waals surface area (Å²) in [5, 5.41) is 3.44. The van der Waals surface area contributed by atoms with E-state index in [1.807, 2.05) is 12.4 Å². The molecule has 1 atom stereocenters. The standard InChI is InChI=1S/C13H19BrN2/c1-15-13(11-5-6-11)4-2-3-10-7-12(14)9-16-8-10/h7-9,11,13,15H,2-6H2,1H3. The van der Waals surface area contributed by atoms with Crippen LogP contribution >= 0.6 is 15.9 Å². The Hall–Kier alpha value is -0.410. The van der Waals surface area contributed by atoms with Crippen LogP contribution in [0, 0.1) is 5.92 Å². The lowest BCUT2D eigenvalue weighted by molar-refractivity contribution is 0.456. The second-order valence-electron chi connectivity index (χ2n) is 4.64. The Kier molecular flexibility index (Phi) is 4.36. The molecule has 0 spiro atoms. The van der Waals surface area contributed by atoms with Gasteiger partial charge in [0, 0.05) is 22.9 Å². The lowest BCUT2D eigenvalue weighted by Crippen LogP contribution is -2.27. The molecule has 1 N–H and O–H groups in total. The number of aryl methyl sites for hydroxylation is 1. The number of nitrogens with one attached hydrogen (secondary N) is 1. The molecule has 3 heteroatoms.